The molecule has 0 radical (unpaired) electrons. The summed E-state index contributed by atoms with van der Waals surface area (Å²) < 4.78 is 14.4. The minimum Gasteiger partial charge on any atom is -0.290 e. The second kappa shape index (κ2) is 7.40. The highest BCUT2D eigenvalue weighted by molar-refractivity contribution is 8.15. The van der Waals surface area contributed by atoms with Crippen LogP contribution in [0.1, 0.15) is 12.8 Å². The average Bonchev–Trinajstić information content (AvgIpc) is 2.94. The number of unbranched alkanes of at least 4 members (excludes halogenated alkanes) is 1. The van der Waals surface area contributed by atoms with Crippen LogP contribution < -0.4 is 5.56 Å². The Labute approximate surface area is 145 Å². The molecule has 0 aliphatic carbocycles. The van der Waals surface area contributed by atoms with Crippen molar-refractivity contribution in [1.29, 1.82) is 5.26 Å². The third kappa shape index (κ3) is 3.66. The summed E-state index contributed by atoms with van der Waals surface area (Å²) in [4.78, 5) is 29.2. The van der Waals surface area contributed by atoms with Crippen molar-refractivity contribution in [1.82, 2.24) is 19.9 Å². The topological polar surface area (TPSA) is 104 Å². The molecule has 0 saturated carbocycles. The van der Waals surface area contributed by atoms with Gasteiger partial charge < -0.3 is 0 Å². The maximum absolute atomic E-state index is 13.1. The minimum atomic E-state index is -0.470. The molecule has 0 spiro atoms. The molecule has 1 saturated heterocycles. The summed E-state index contributed by atoms with van der Waals surface area (Å²) in [7, 11) is 0. The number of aliphatic imine (C=N–C) groups is 1. The Morgan fingerprint density at radius 2 is 2.12 bits per heavy atom. The zero-order chi connectivity index (χ0) is 17.8. The number of rotatable bonds is 5. The Hall–Kier alpha value is -2.80. The Morgan fingerprint density at radius 3 is 2.92 bits per heavy atom. The lowest BCUT2D eigenvalue weighted by atomic mass is 10.2. The second-order valence-corrected chi connectivity index (χ2v) is 6.26. The highest BCUT2D eigenvalue weighted by Crippen LogP contribution is 2.19. The number of carbonyl (C=O) groups is 1. The summed E-state index contributed by atoms with van der Waals surface area (Å²) in [6, 6.07) is 3.77. The van der Waals surface area contributed by atoms with E-state index >= 15 is 0 Å². The van der Waals surface area contributed by atoms with Crippen LogP contribution in [0.25, 0.3) is 10.9 Å². The van der Waals surface area contributed by atoms with Gasteiger partial charge in [0.25, 0.3) is 5.56 Å². The SMILES string of the molecule is N#CN=C1SCC(=O)N1CCCCn1nnc2cc(F)ccc2c1=O. The lowest BCUT2D eigenvalue weighted by Crippen LogP contribution is -2.31. The van der Waals surface area contributed by atoms with Crippen molar-refractivity contribution in [2.75, 3.05) is 12.3 Å². The van der Waals surface area contributed by atoms with Gasteiger partial charge in [-0.2, -0.15) is 5.26 Å². The molecule has 1 aliphatic heterocycles. The monoisotopic (exact) mass is 360 g/mol. The molecule has 1 fully saturated rings. The van der Waals surface area contributed by atoms with Crippen molar-refractivity contribution >= 4 is 33.7 Å². The van der Waals surface area contributed by atoms with Gasteiger partial charge in [-0.1, -0.05) is 17.0 Å². The Bertz CT molecular complexity index is 951. The molecule has 8 nitrogen and oxygen atoms in total. The quantitative estimate of drug-likeness (QED) is 0.585. The highest BCUT2D eigenvalue weighted by Gasteiger charge is 2.27. The molecule has 3 rings (SSSR count). The second-order valence-electron chi connectivity index (χ2n) is 5.31. The summed E-state index contributed by atoms with van der Waals surface area (Å²) in [5.74, 6) is -0.266. The summed E-state index contributed by atoms with van der Waals surface area (Å²) in [6.07, 6.45) is 2.90. The number of carbonyl (C=O) groups excluding carboxylic acids is 1. The van der Waals surface area contributed by atoms with Crippen molar-refractivity contribution in [3.63, 3.8) is 0 Å². The van der Waals surface area contributed by atoms with Crippen LogP contribution in [0.3, 0.4) is 0 Å². The molecule has 128 valence electrons. The van der Waals surface area contributed by atoms with Gasteiger partial charge in [-0.05, 0) is 25.0 Å². The van der Waals surface area contributed by atoms with Crippen LogP contribution in [0.5, 0.6) is 0 Å². The van der Waals surface area contributed by atoms with Crippen molar-refractivity contribution < 1.29 is 9.18 Å². The van der Waals surface area contributed by atoms with Crippen LogP contribution in [0, 0.1) is 17.3 Å². The van der Waals surface area contributed by atoms with Gasteiger partial charge in [0.2, 0.25) is 12.1 Å². The molecule has 1 aromatic heterocycles. The number of benzene rings is 1. The zero-order valence-corrected chi connectivity index (χ0v) is 13.9. The number of hydrogen-bond donors (Lipinski definition) is 0. The van der Waals surface area contributed by atoms with E-state index in [1.54, 1.807) is 6.19 Å². The molecule has 1 aromatic carbocycles. The Kier molecular flexibility index (Phi) is 5.04. The van der Waals surface area contributed by atoms with Gasteiger partial charge in [-0.15, -0.1) is 10.1 Å². The van der Waals surface area contributed by atoms with Gasteiger partial charge in [0, 0.05) is 19.2 Å². The molecule has 0 N–H and O–H groups in total. The molecule has 2 heterocycles. The molecule has 1 amide bonds. The van der Waals surface area contributed by atoms with E-state index in [0.717, 1.165) is 0 Å². The first-order valence-electron chi connectivity index (χ1n) is 7.53. The Balaban J connectivity index is 1.62. The van der Waals surface area contributed by atoms with Crippen LogP contribution in [-0.4, -0.2) is 43.3 Å². The third-order valence-corrected chi connectivity index (χ3v) is 4.65. The van der Waals surface area contributed by atoms with E-state index < -0.39 is 5.82 Å². The number of halogens is 1. The maximum Gasteiger partial charge on any atom is 0.277 e. The number of aryl methyl sites for hydroxylation is 1. The smallest absolute Gasteiger partial charge is 0.277 e. The largest absolute Gasteiger partial charge is 0.290 e. The van der Waals surface area contributed by atoms with Gasteiger partial charge in [0.1, 0.15) is 11.3 Å². The molecule has 0 bridgehead atoms. The van der Waals surface area contributed by atoms with Gasteiger partial charge in [-0.3, -0.25) is 14.5 Å². The van der Waals surface area contributed by atoms with Crippen molar-refractivity contribution in [3.8, 4) is 6.19 Å². The number of fused-ring (bicyclic) bond motifs is 1. The molecule has 1 aliphatic rings. The lowest BCUT2D eigenvalue weighted by molar-refractivity contribution is -0.124. The predicted molar refractivity (Wildman–Crippen MR) is 90.2 cm³/mol. The number of aromatic nitrogens is 3. The van der Waals surface area contributed by atoms with E-state index in [0.29, 0.717) is 36.5 Å². The molecular formula is C15H13FN6O2S. The Morgan fingerprint density at radius 1 is 1.32 bits per heavy atom. The normalized spacial score (nSPS) is 15.9. The number of amidine groups is 1. The molecular weight excluding hydrogens is 347 g/mol. The summed E-state index contributed by atoms with van der Waals surface area (Å²) in [6.45, 7) is 0.756. The predicted octanol–water partition coefficient (Wildman–Crippen LogP) is 1.12. The third-order valence-electron chi connectivity index (χ3n) is 3.69. The van der Waals surface area contributed by atoms with E-state index in [4.69, 9.17) is 5.26 Å². The highest BCUT2D eigenvalue weighted by atomic mass is 32.2. The van der Waals surface area contributed by atoms with E-state index in [-0.39, 0.29) is 22.7 Å². The fourth-order valence-electron chi connectivity index (χ4n) is 2.47. The summed E-state index contributed by atoms with van der Waals surface area (Å²) >= 11 is 1.24. The molecule has 25 heavy (non-hydrogen) atoms. The van der Waals surface area contributed by atoms with Crippen molar-refractivity contribution in [2.45, 2.75) is 19.4 Å². The molecule has 10 heteroatoms. The average molecular weight is 360 g/mol. The van der Waals surface area contributed by atoms with Crippen LogP contribution >= 0.6 is 11.8 Å². The van der Waals surface area contributed by atoms with Crippen molar-refractivity contribution in [3.05, 3.63) is 34.4 Å². The number of amides is 1. The standard InChI is InChI=1S/C15H13FN6O2S/c16-10-3-4-11-12(7-10)19-20-22(14(11)24)6-2-1-5-21-13(23)8-25-15(21)18-9-17/h3-4,7H,1-2,5-6,8H2. The molecule has 0 atom stereocenters. The number of hydrogen-bond acceptors (Lipinski definition) is 7. The molecule has 0 unspecified atom stereocenters. The first-order chi connectivity index (χ1) is 12.1. The van der Waals surface area contributed by atoms with Gasteiger partial charge in [-0.25, -0.2) is 9.07 Å². The first-order valence-corrected chi connectivity index (χ1v) is 8.51. The summed E-state index contributed by atoms with van der Waals surface area (Å²) in [5, 5.41) is 17.0. The van der Waals surface area contributed by atoms with Gasteiger partial charge >= 0.3 is 0 Å². The van der Waals surface area contributed by atoms with Gasteiger partial charge in [0.05, 0.1) is 11.1 Å². The molecule has 2 aromatic rings. The maximum atomic E-state index is 13.1. The van der Waals surface area contributed by atoms with E-state index in [1.807, 2.05) is 0 Å². The fraction of sp³-hybridized carbons (Fsp3) is 0.333. The van der Waals surface area contributed by atoms with Crippen LogP contribution in [0.2, 0.25) is 0 Å². The van der Waals surface area contributed by atoms with Gasteiger partial charge in [0.15, 0.2) is 5.17 Å². The fourth-order valence-corrected chi connectivity index (χ4v) is 3.34. The minimum absolute atomic E-state index is 0.0799. The first kappa shape index (κ1) is 17.0. The van der Waals surface area contributed by atoms with Crippen LogP contribution in [0.15, 0.2) is 28.0 Å². The number of nitriles is 1. The van der Waals surface area contributed by atoms with Crippen molar-refractivity contribution in [2.24, 2.45) is 4.99 Å². The van der Waals surface area contributed by atoms with Crippen LogP contribution in [-0.2, 0) is 11.3 Å². The van der Waals surface area contributed by atoms with E-state index in [9.17, 15) is 14.0 Å². The zero-order valence-electron chi connectivity index (χ0n) is 13.1. The van der Waals surface area contributed by atoms with E-state index in [1.165, 1.54) is 39.5 Å². The van der Waals surface area contributed by atoms with Crippen LogP contribution in [0.4, 0.5) is 4.39 Å². The number of nitrogens with zero attached hydrogens (tertiary/aromatic N) is 6. The van der Waals surface area contributed by atoms with E-state index in [2.05, 4.69) is 15.3 Å². The summed E-state index contributed by atoms with van der Waals surface area (Å²) in [5.41, 5.74) is -0.108. The number of thioether (sulfide) groups is 1. The lowest BCUT2D eigenvalue weighted by Gasteiger charge is -2.14.